The Labute approximate surface area is 161 Å². The molecule has 0 aliphatic rings. The zero-order valence-electron chi connectivity index (χ0n) is 15.2. The highest BCUT2D eigenvalue weighted by molar-refractivity contribution is 6.20. The number of hydrogen-bond acceptors (Lipinski definition) is 4. The van der Waals surface area contributed by atoms with E-state index in [1.807, 2.05) is 31.2 Å². The molecule has 6 nitrogen and oxygen atoms in total. The van der Waals surface area contributed by atoms with Crippen molar-refractivity contribution in [1.29, 1.82) is 5.26 Å². The quantitative estimate of drug-likeness (QED) is 0.370. The van der Waals surface area contributed by atoms with Gasteiger partial charge in [0.1, 0.15) is 17.4 Å². The number of ether oxygens (including phenoxy) is 1. The molecule has 28 heavy (non-hydrogen) atoms. The van der Waals surface area contributed by atoms with Crippen molar-refractivity contribution in [3.63, 3.8) is 0 Å². The first-order valence-electron chi connectivity index (χ1n) is 8.73. The molecule has 2 aromatic carbocycles. The van der Waals surface area contributed by atoms with E-state index >= 15 is 0 Å². The number of aromatic nitrogens is 1. The van der Waals surface area contributed by atoms with Crippen LogP contribution in [0.3, 0.4) is 0 Å². The Morgan fingerprint density at radius 1 is 1.21 bits per heavy atom. The summed E-state index contributed by atoms with van der Waals surface area (Å²) in [4.78, 5) is 26.6. The minimum atomic E-state index is -1.06. The van der Waals surface area contributed by atoms with Gasteiger partial charge >= 0.3 is 5.97 Å². The zero-order chi connectivity index (χ0) is 20.1. The van der Waals surface area contributed by atoms with Crippen LogP contribution in [0.15, 0.2) is 54.2 Å². The number of carbonyl (C=O) groups is 2. The van der Waals surface area contributed by atoms with E-state index in [-0.39, 0.29) is 11.4 Å². The number of aryl methyl sites for hydroxylation is 1. The van der Waals surface area contributed by atoms with E-state index in [4.69, 9.17) is 9.84 Å². The lowest BCUT2D eigenvalue weighted by Crippen LogP contribution is -2.09. The van der Waals surface area contributed by atoms with Crippen LogP contribution in [0.25, 0.3) is 17.0 Å². The van der Waals surface area contributed by atoms with E-state index in [0.29, 0.717) is 16.9 Å². The molecule has 2 N–H and O–H groups in total. The van der Waals surface area contributed by atoms with Crippen LogP contribution >= 0.6 is 0 Å². The number of fused-ring (bicyclic) bond motifs is 1. The summed E-state index contributed by atoms with van der Waals surface area (Å²) in [5.41, 5.74) is 3.13. The van der Waals surface area contributed by atoms with E-state index in [9.17, 15) is 14.9 Å². The molecule has 3 rings (SSSR count). The molecule has 1 heterocycles. The molecule has 0 spiro atoms. The number of ketones is 1. The number of nitriles is 1. The molecule has 0 radical (unpaired) electrons. The van der Waals surface area contributed by atoms with Crippen molar-refractivity contribution < 1.29 is 19.4 Å². The molecule has 0 bridgehead atoms. The van der Waals surface area contributed by atoms with Gasteiger partial charge in [-0.2, -0.15) is 5.26 Å². The number of para-hydroxylation sites is 1. The van der Waals surface area contributed by atoms with E-state index < -0.39 is 12.6 Å². The third kappa shape index (κ3) is 3.94. The molecule has 0 saturated carbocycles. The second kappa shape index (κ2) is 8.23. The van der Waals surface area contributed by atoms with Crippen molar-refractivity contribution in [2.45, 2.75) is 13.3 Å². The highest BCUT2D eigenvalue weighted by Crippen LogP contribution is 2.25. The van der Waals surface area contributed by atoms with Crippen LogP contribution in [0.5, 0.6) is 5.75 Å². The summed E-state index contributed by atoms with van der Waals surface area (Å²) >= 11 is 0. The summed E-state index contributed by atoms with van der Waals surface area (Å²) in [6.45, 7) is 1.61. The predicted octanol–water partition coefficient (Wildman–Crippen LogP) is 3.98. The number of rotatable bonds is 7. The number of aliphatic carboxylic acids is 1. The number of aromatic amines is 1. The van der Waals surface area contributed by atoms with Gasteiger partial charge in [-0.25, -0.2) is 4.79 Å². The number of nitrogens with one attached hydrogen (secondary N) is 1. The smallest absolute Gasteiger partial charge is 0.341 e. The molecule has 6 heteroatoms. The number of H-pyrrole nitrogens is 1. The van der Waals surface area contributed by atoms with Crippen molar-refractivity contribution in [1.82, 2.24) is 4.98 Å². The van der Waals surface area contributed by atoms with E-state index in [0.717, 1.165) is 22.9 Å². The number of nitrogens with zero attached hydrogens (tertiary/aromatic N) is 1. The molecule has 0 fully saturated rings. The maximum atomic E-state index is 12.9. The predicted molar refractivity (Wildman–Crippen MR) is 105 cm³/mol. The van der Waals surface area contributed by atoms with Gasteiger partial charge in [0.25, 0.3) is 0 Å². The van der Waals surface area contributed by atoms with E-state index in [1.54, 1.807) is 30.5 Å². The molecule has 0 amide bonds. The first kappa shape index (κ1) is 18.9. The van der Waals surface area contributed by atoms with Crippen LogP contribution in [0.2, 0.25) is 0 Å². The normalized spacial score (nSPS) is 11.2. The molecule has 0 aliphatic heterocycles. The summed E-state index contributed by atoms with van der Waals surface area (Å²) in [5, 5.41) is 18.9. The Kier molecular flexibility index (Phi) is 5.56. The van der Waals surface area contributed by atoms with Crippen LogP contribution in [0.1, 0.15) is 28.4 Å². The van der Waals surface area contributed by atoms with Crippen molar-refractivity contribution in [2.75, 3.05) is 6.61 Å². The Hall–Kier alpha value is -3.85. The molecule has 0 atom stereocenters. The lowest BCUT2D eigenvalue weighted by Gasteiger charge is -2.04. The second-order valence-corrected chi connectivity index (χ2v) is 6.15. The molecule has 1 aromatic heterocycles. The number of Topliss-reactive ketones (excluding diaryl/α,β-unsaturated/α-hetero) is 1. The minimum absolute atomic E-state index is 0.0157. The standard InChI is InChI=1S/C22H18N2O4/c1-2-15-4-3-5-18-19(12-24-21(15)18)22(27)16(11-23)10-14-6-8-17(9-7-14)28-13-20(25)26/h3-10,12,24H,2,13H2,1H3,(H,25,26)/b16-10+. The fraction of sp³-hybridized carbons (Fsp3) is 0.136. The topological polar surface area (TPSA) is 103 Å². The maximum Gasteiger partial charge on any atom is 0.341 e. The second-order valence-electron chi connectivity index (χ2n) is 6.15. The Bertz CT molecular complexity index is 1100. The molecule has 0 saturated heterocycles. The lowest BCUT2D eigenvalue weighted by molar-refractivity contribution is -0.139. The zero-order valence-corrected chi connectivity index (χ0v) is 15.2. The number of hydrogen-bond donors (Lipinski definition) is 2. The molecular weight excluding hydrogens is 356 g/mol. The lowest BCUT2D eigenvalue weighted by atomic mass is 10.00. The fourth-order valence-corrected chi connectivity index (χ4v) is 2.97. The van der Waals surface area contributed by atoms with Gasteiger partial charge in [-0.05, 0) is 35.8 Å². The molecule has 0 aliphatic carbocycles. The average Bonchev–Trinajstić information content (AvgIpc) is 3.15. The van der Waals surface area contributed by atoms with Crippen LogP contribution < -0.4 is 4.74 Å². The molecule has 3 aromatic rings. The van der Waals surface area contributed by atoms with Gasteiger partial charge in [-0.15, -0.1) is 0 Å². The van der Waals surface area contributed by atoms with E-state index in [2.05, 4.69) is 4.98 Å². The minimum Gasteiger partial charge on any atom is -0.482 e. The van der Waals surface area contributed by atoms with Gasteiger partial charge in [0.2, 0.25) is 5.78 Å². The van der Waals surface area contributed by atoms with Crippen molar-refractivity contribution >= 4 is 28.7 Å². The summed E-state index contributed by atoms with van der Waals surface area (Å²) in [7, 11) is 0. The Morgan fingerprint density at radius 2 is 1.96 bits per heavy atom. The van der Waals surface area contributed by atoms with Gasteiger partial charge in [-0.3, -0.25) is 4.79 Å². The van der Waals surface area contributed by atoms with Crippen molar-refractivity contribution in [3.05, 3.63) is 70.9 Å². The number of carboxylic acids is 1. The third-order valence-electron chi connectivity index (χ3n) is 4.35. The van der Waals surface area contributed by atoms with Gasteiger partial charge in [0.15, 0.2) is 6.61 Å². The summed E-state index contributed by atoms with van der Waals surface area (Å²) in [6, 6.07) is 14.2. The van der Waals surface area contributed by atoms with Crippen molar-refractivity contribution in [2.24, 2.45) is 0 Å². The SMILES string of the molecule is CCc1cccc2c(C(=O)/C(C#N)=C/c3ccc(OCC(=O)O)cc3)c[nH]c12. The van der Waals surface area contributed by atoms with Gasteiger partial charge in [-0.1, -0.05) is 37.3 Å². The third-order valence-corrected chi connectivity index (χ3v) is 4.35. The van der Waals surface area contributed by atoms with Gasteiger partial charge in [0.05, 0.1) is 0 Å². The van der Waals surface area contributed by atoms with Crippen LogP contribution in [-0.4, -0.2) is 28.4 Å². The monoisotopic (exact) mass is 374 g/mol. The van der Waals surface area contributed by atoms with Crippen LogP contribution in [0, 0.1) is 11.3 Å². The van der Waals surface area contributed by atoms with Crippen LogP contribution in [0.4, 0.5) is 0 Å². The van der Waals surface area contributed by atoms with Crippen LogP contribution in [-0.2, 0) is 11.2 Å². The first-order chi connectivity index (χ1) is 13.5. The molecular formula is C22H18N2O4. The highest BCUT2D eigenvalue weighted by Gasteiger charge is 2.17. The number of carboxylic acid groups (broad SMARTS) is 1. The Morgan fingerprint density at radius 3 is 2.61 bits per heavy atom. The van der Waals surface area contributed by atoms with Gasteiger partial charge in [0, 0.05) is 22.7 Å². The summed E-state index contributed by atoms with van der Waals surface area (Å²) in [5.74, 6) is -1.02. The first-order valence-corrected chi connectivity index (χ1v) is 8.73. The largest absolute Gasteiger partial charge is 0.482 e. The fourth-order valence-electron chi connectivity index (χ4n) is 2.97. The summed E-state index contributed by atoms with van der Waals surface area (Å²) < 4.78 is 5.07. The van der Waals surface area contributed by atoms with E-state index in [1.165, 1.54) is 6.08 Å². The summed E-state index contributed by atoms with van der Waals surface area (Å²) in [6.07, 6.45) is 3.98. The number of benzene rings is 2. The van der Waals surface area contributed by atoms with Crippen molar-refractivity contribution in [3.8, 4) is 11.8 Å². The molecule has 0 unspecified atom stereocenters. The van der Waals surface area contributed by atoms with Gasteiger partial charge < -0.3 is 14.8 Å². The average molecular weight is 374 g/mol. The molecule has 140 valence electrons. The maximum absolute atomic E-state index is 12.9. The Balaban J connectivity index is 1.88. The number of allylic oxidation sites excluding steroid dienone is 1. The highest BCUT2D eigenvalue weighted by atomic mass is 16.5. The number of carbonyl (C=O) groups excluding carboxylic acids is 1.